The molecule has 1 aromatic heterocycles. The van der Waals surface area contributed by atoms with Gasteiger partial charge >= 0.3 is 6.18 Å². The number of carbonyl (C=O) groups is 1. The molecule has 3 N–H and O–H groups in total. The van der Waals surface area contributed by atoms with Crippen LogP contribution < -0.4 is 5.73 Å². The van der Waals surface area contributed by atoms with Gasteiger partial charge in [-0.3, -0.25) is 14.7 Å². The molecule has 1 aliphatic rings. The van der Waals surface area contributed by atoms with Gasteiger partial charge in [0.25, 0.3) is 0 Å². The van der Waals surface area contributed by atoms with Crippen LogP contribution in [0.1, 0.15) is 32.6 Å². The van der Waals surface area contributed by atoms with Crippen LogP contribution in [0.3, 0.4) is 0 Å². The summed E-state index contributed by atoms with van der Waals surface area (Å²) in [6.07, 6.45) is 0.369. The van der Waals surface area contributed by atoms with Gasteiger partial charge in [-0.2, -0.15) is 13.2 Å². The number of nitrogens with two attached hydrogens (primary N) is 1. The average molecular weight is 504 g/mol. The summed E-state index contributed by atoms with van der Waals surface area (Å²) in [7, 11) is 0. The van der Waals surface area contributed by atoms with Crippen LogP contribution in [0, 0.1) is 0 Å². The maximum atomic E-state index is 12.5. The first-order valence-corrected chi connectivity index (χ1v) is 11.7. The van der Waals surface area contributed by atoms with Crippen LogP contribution in [-0.4, -0.2) is 22.3 Å². The molecule has 0 atom stereocenters. The van der Waals surface area contributed by atoms with Crippen molar-refractivity contribution < 1.29 is 18.0 Å². The molecule has 5 rings (SSSR count). The number of benzene rings is 3. The Balaban J connectivity index is 0.000000173. The van der Waals surface area contributed by atoms with Crippen LogP contribution >= 0.6 is 0 Å². The van der Waals surface area contributed by atoms with Crippen molar-refractivity contribution in [2.45, 2.75) is 25.7 Å². The van der Waals surface area contributed by atoms with Gasteiger partial charge in [-0.1, -0.05) is 48.5 Å². The molecule has 5 nitrogen and oxygen atoms in total. The highest BCUT2D eigenvalue weighted by molar-refractivity contribution is 5.99. The molecular weight excluding hydrogens is 477 g/mol. The van der Waals surface area contributed by atoms with E-state index >= 15 is 0 Å². The van der Waals surface area contributed by atoms with Crippen LogP contribution in [-0.2, 0) is 25.7 Å². The summed E-state index contributed by atoms with van der Waals surface area (Å²) in [6.45, 7) is 3.03. The Labute approximate surface area is 213 Å². The molecule has 1 amide bonds. The quantitative estimate of drug-likeness (QED) is 0.333. The molecule has 37 heavy (non-hydrogen) atoms. The number of hydrogen-bond donors (Lipinski definition) is 1. The summed E-state index contributed by atoms with van der Waals surface area (Å²) in [6, 6.07) is 21.2. The Bertz CT molecular complexity index is 1360. The first-order valence-electron chi connectivity index (χ1n) is 11.7. The number of hydrogen-bond acceptors (Lipinski definition) is 3. The molecule has 0 saturated heterocycles. The number of primary amides is 1. The summed E-state index contributed by atoms with van der Waals surface area (Å²) >= 11 is 0. The van der Waals surface area contributed by atoms with Gasteiger partial charge in [-0.05, 0) is 64.6 Å². The van der Waals surface area contributed by atoms with E-state index in [1.165, 1.54) is 34.9 Å². The number of carbonyl (C=O) groups excluding carboxylic acids is 1. The Morgan fingerprint density at radius 2 is 1.65 bits per heavy atom. The maximum Gasteiger partial charge on any atom is 0.416 e. The average Bonchev–Trinajstić information content (AvgIpc) is 2.89. The Morgan fingerprint density at radius 3 is 2.32 bits per heavy atom. The Morgan fingerprint density at radius 1 is 0.946 bits per heavy atom. The standard InChI is InChI=1S/C15H16N3.C14H10F3NO/c16-15-2-1-14-11-18(8-5-13(14)9-15)10-12-3-6-17-7-4-12;15-14(16,17)10-7-5-9(6-8-10)11-3-1-2-4-12(11)13(18)19/h1-4,6-7,9,16H,5,8,10-11H2;1-8H,(H2,18,19)/q-1;. The van der Waals surface area contributed by atoms with E-state index in [4.69, 9.17) is 11.5 Å². The van der Waals surface area contributed by atoms with E-state index < -0.39 is 17.6 Å². The van der Waals surface area contributed by atoms with E-state index in [2.05, 4.69) is 28.1 Å². The first-order chi connectivity index (χ1) is 17.7. The zero-order chi connectivity index (χ0) is 26.4. The number of rotatable bonds is 4. The van der Waals surface area contributed by atoms with Crippen molar-refractivity contribution in [3.63, 3.8) is 0 Å². The second-order valence-corrected chi connectivity index (χ2v) is 8.78. The molecule has 1 aliphatic heterocycles. The predicted octanol–water partition coefficient (Wildman–Crippen LogP) is 6.79. The first kappa shape index (κ1) is 25.9. The fourth-order valence-corrected chi connectivity index (χ4v) is 4.28. The van der Waals surface area contributed by atoms with Crippen molar-refractivity contribution in [1.29, 1.82) is 0 Å². The topological polar surface area (TPSA) is 83.0 Å². The normalized spacial score (nSPS) is 13.3. The molecular formula is C29H26F3N4O-. The van der Waals surface area contributed by atoms with E-state index in [9.17, 15) is 18.0 Å². The third-order valence-corrected chi connectivity index (χ3v) is 6.17. The lowest BCUT2D eigenvalue weighted by molar-refractivity contribution is -0.137. The van der Waals surface area contributed by atoms with Crippen molar-refractivity contribution in [3.8, 4) is 11.1 Å². The Hall–Kier alpha value is -4.17. The van der Waals surface area contributed by atoms with Crippen molar-refractivity contribution in [1.82, 2.24) is 9.88 Å². The second-order valence-electron chi connectivity index (χ2n) is 8.78. The number of halogens is 3. The van der Waals surface area contributed by atoms with Crippen molar-refractivity contribution >= 4 is 11.6 Å². The molecule has 190 valence electrons. The molecule has 0 unspecified atom stereocenters. The summed E-state index contributed by atoms with van der Waals surface area (Å²) in [5.41, 5.74) is 18.1. The lowest BCUT2D eigenvalue weighted by Crippen LogP contribution is -2.29. The molecule has 4 aromatic rings. The molecule has 0 aliphatic carbocycles. The molecule has 2 heterocycles. The van der Waals surface area contributed by atoms with E-state index in [0.717, 1.165) is 38.2 Å². The van der Waals surface area contributed by atoms with Crippen LogP contribution in [0.25, 0.3) is 16.9 Å². The van der Waals surface area contributed by atoms with Gasteiger partial charge in [0.2, 0.25) is 5.91 Å². The maximum absolute atomic E-state index is 12.5. The van der Waals surface area contributed by atoms with Gasteiger partial charge in [-0.25, -0.2) is 0 Å². The molecule has 8 heteroatoms. The minimum Gasteiger partial charge on any atom is -0.699 e. The third kappa shape index (κ3) is 6.74. The fourth-order valence-electron chi connectivity index (χ4n) is 4.28. The molecule has 0 spiro atoms. The zero-order valence-corrected chi connectivity index (χ0v) is 20.0. The van der Waals surface area contributed by atoms with Gasteiger partial charge in [0.15, 0.2) is 0 Å². The van der Waals surface area contributed by atoms with Crippen LogP contribution in [0.15, 0.2) is 91.3 Å². The number of fused-ring (bicyclic) bond motifs is 1. The molecule has 0 bridgehead atoms. The molecule has 3 aromatic carbocycles. The monoisotopic (exact) mass is 503 g/mol. The summed E-state index contributed by atoms with van der Waals surface area (Å²) < 4.78 is 37.4. The predicted molar refractivity (Wildman–Crippen MR) is 138 cm³/mol. The van der Waals surface area contributed by atoms with E-state index in [1.54, 1.807) is 18.2 Å². The van der Waals surface area contributed by atoms with Crippen molar-refractivity contribution in [2.24, 2.45) is 5.73 Å². The van der Waals surface area contributed by atoms with Crippen molar-refractivity contribution in [2.75, 3.05) is 6.54 Å². The summed E-state index contributed by atoms with van der Waals surface area (Å²) in [5.74, 6) is -0.615. The highest BCUT2D eigenvalue weighted by Crippen LogP contribution is 2.31. The van der Waals surface area contributed by atoms with Gasteiger partial charge < -0.3 is 11.5 Å². The van der Waals surface area contributed by atoms with Gasteiger partial charge in [0, 0.05) is 37.6 Å². The van der Waals surface area contributed by atoms with E-state index in [1.807, 2.05) is 24.5 Å². The zero-order valence-electron chi connectivity index (χ0n) is 20.0. The van der Waals surface area contributed by atoms with Crippen LogP contribution in [0.5, 0.6) is 0 Å². The second kappa shape index (κ2) is 11.3. The minimum absolute atomic E-state index is 0.280. The van der Waals surface area contributed by atoms with Crippen LogP contribution in [0.2, 0.25) is 0 Å². The molecule has 0 saturated carbocycles. The minimum atomic E-state index is -4.37. The molecule has 0 fully saturated rings. The summed E-state index contributed by atoms with van der Waals surface area (Å²) in [4.78, 5) is 17.8. The highest BCUT2D eigenvalue weighted by atomic mass is 19.4. The lowest BCUT2D eigenvalue weighted by atomic mass is 9.98. The summed E-state index contributed by atoms with van der Waals surface area (Å²) in [5, 5.41) is 0. The smallest absolute Gasteiger partial charge is 0.416 e. The van der Waals surface area contributed by atoms with E-state index in [0.29, 0.717) is 16.8 Å². The Kier molecular flexibility index (Phi) is 7.89. The van der Waals surface area contributed by atoms with Gasteiger partial charge in [-0.15, -0.1) is 5.69 Å². The lowest BCUT2D eigenvalue weighted by Gasteiger charge is -2.29. The number of pyridine rings is 1. The third-order valence-electron chi connectivity index (χ3n) is 6.17. The van der Waals surface area contributed by atoms with Crippen molar-refractivity contribution in [3.05, 3.63) is 125 Å². The number of alkyl halides is 3. The highest BCUT2D eigenvalue weighted by Gasteiger charge is 2.30. The SMILES string of the molecule is NC(=O)c1ccccc1-c1ccc(C(F)(F)F)cc1.[NH-]c1ccc2c(c1)CCN(Cc1ccncc1)C2. The van der Waals surface area contributed by atoms with Gasteiger partial charge in [0.1, 0.15) is 0 Å². The number of amides is 1. The van der Waals surface area contributed by atoms with Crippen LogP contribution in [0.4, 0.5) is 18.9 Å². The largest absolute Gasteiger partial charge is 0.699 e. The molecule has 0 radical (unpaired) electrons. The fraction of sp³-hybridized carbons (Fsp3) is 0.172. The number of aromatic nitrogens is 1. The number of nitrogens with zero attached hydrogens (tertiary/aromatic N) is 2. The van der Waals surface area contributed by atoms with Gasteiger partial charge in [0.05, 0.1) is 5.56 Å². The number of nitrogens with one attached hydrogen (secondary N) is 1. The van der Waals surface area contributed by atoms with E-state index in [-0.39, 0.29) is 5.56 Å².